The molecule has 1 aliphatic heterocycles. The Morgan fingerprint density at radius 2 is 1.95 bits per heavy atom. The average Bonchev–Trinajstić information content (AvgIpc) is 2.72. The van der Waals surface area contributed by atoms with Gasteiger partial charge in [0.05, 0.1) is 0 Å². The van der Waals surface area contributed by atoms with Gasteiger partial charge < -0.3 is 5.32 Å². The number of rotatable bonds is 3. The van der Waals surface area contributed by atoms with Gasteiger partial charge in [-0.15, -0.1) is 0 Å². The maximum absolute atomic E-state index is 13.1. The number of halogens is 1. The van der Waals surface area contributed by atoms with Gasteiger partial charge in [0.2, 0.25) is 5.91 Å². The SMILES string of the molecule is O=C1Nc2cc(F)ccc2C1NCc1ccccc1. The zero-order valence-corrected chi connectivity index (χ0v) is 10.2. The Labute approximate surface area is 110 Å². The molecule has 0 radical (unpaired) electrons. The van der Waals surface area contributed by atoms with Crippen LogP contribution in [0.5, 0.6) is 0 Å². The molecule has 0 aliphatic carbocycles. The Bertz CT molecular complexity index is 613. The van der Waals surface area contributed by atoms with E-state index in [1.54, 1.807) is 6.07 Å². The largest absolute Gasteiger partial charge is 0.324 e. The minimum Gasteiger partial charge on any atom is -0.324 e. The van der Waals surface area contributed by atoms with E-state index in [2.05, 4.69) is 10.6 Å². The van der Waals surface area contributed by atoms with E-state index in [-0.39, 0.29) is 11.7 Å². The minimum atomic E-state index is -0.421. The van der Waals surface area contributed by atoms with Gasteiger partial charge in [-0.3, -0.25) is 10.1 Å². The van der Waals surface area contributed by atoms with Crippen molar-refractivity contribution in [2.75, 3.05) is 5.32 Å². The molecule has 1 atom stereocenters. The van der Waals surface area contributed by atoms with Crippen LogP contribution in [0.3, 0.4) is 0 Å². The zero-order chi connectivity index (χ0) is 13.2. The third-order valence-corrected chi connectivity index (χ3v) is 3.20. The first kappa shape index (κ1) is 11.9. The third kappa shape index (κ3) is 2.35. The molecule has 1 aliphatic rings. The summed E-state index contributed by atoms with van der Waals surface area (Å²) in [5, 5.41) is 5.87. The fourth-order valence-electron chi connectivity index (χ4n) is 2.25. The first-order valence-corrected chi connectivity index (χ1v) is 6.11. The predicted molar refractivity (Wildman–Crippen MR) is 71.1 cm³/mol. The summed E-state index contributed by atoms with van der Waals surface area (Å²) in [4.78, 5) is 11.9. The fraction of sp³-hybridized carbons (Fsp3) is 0.133. The van der Waals surface area contributed by atoms with Crippen molar-refractivity contribution in [1.82, 2.24) is 5.32 Å². The molecule has 2 aromatic rings. The summed E-state index contributed by atoms with van der Waals surface area (Å²) in [6.45, 7) is 0.593. The molecule has 3 nitrogen and oxygen atoms in total. The van der Waals surface area contributed by atoms with E-state index in [1.165, 1.54) is 12.1 Å². The summed E-state index contributed by atoms with van der Waals surface area (Å²) in [5.41, 5.74) is 2.45. The number of carbonyl (C=O) groups excluding carboxylic acids is 1. The second-order valence-corrected chi connectivity index (χ2v) is 4.52. The Morgan fingerprint density at radius 1 is 1.16 bits per heavy atom. The van der Waals surface area contributed by atoms with Crippen LogP contribution in [0.2, 0.25) is 0 Å². The van der Waals surface area contributed by atoms with Gasteiger partial charge in [-0.25, -0.2) is 4.39 Å². The van der Waals surface area contributed by atoms with Gasteiger partial charge in [0.25, 0.3) is 0 Å². The Morgan fingerprint density at radius 3 is 2.74 bits per heavy atom. The molecular weight excluding hydrogens is 243 g/mol. The van der Waals surface area contributed by atoms with Crippen LogP contribution in [0.4, 0.5) is 10.1 Å². The number of amides is 1. The number of benzene rings is 2. The molecule has 1 unspecified atom stereocenters. The van der Waals surface area contributed by atoms with Crippen LogP contribution in [-0.2, 0) is 11.3 Å². The van der Waals surface area contributed by atoms with Crippen molar-refractivity contribution >= 4 is 11.6 Å². The first-order valence-electron chi connectivity index (χ1n) is 6.11. The third-order valence-electron chi connectivity index (χ3n) is 3.20. The van der Waals surface area contributed by atoms with Gasteiger partial charge >= 0.3 is 0 Å². The molecule has 0 fully saturated rings. The van der Waals surface area contributed by atoms with E-state index in [0.717, 1.165) is 11.1 Å². The monoisotopic (exact) mass is 256 g/mol. The van der Waals surface area contributed by atoms with Gasteiger partial charge in [0, 0.05) is 17.8 Å². The van der Waals surface area contributed by atoms with Crippen molar-refractivity contribution in [3.8, 4) is 0 Å². The molecule has 4 heteroatoms. The first-order chi connectivity index (χ1) is 9.24. The highest BCUT2D eigenvalue weighted by Crippen LogP contribution is 2.31. The molecule has 96 valence electrons. The average molecular weight is 256 g/mol. The summed E-state index contributed by atoms with van der Waals surface area (Å²) in [5.74, 6) is -0.487. The van der Waals surface area contributed by atoms with Gasteiger partial charge in [-0.1, -0.05) is 36.4 Å². The standard InChI is InChI=1S/C15H13FN2O/c16-11-6-7-12-13(8-11)18-15(19)14(12)17-9-10-4-2-1-3-5-10/h1-8,14,17H,9H2,(H,18,19). The molecule has 3 rings (SSSR count). The minimum absolute atomic E-state index is 0.142. The molecule has 0 spiro atoms. The quantitative estimate of drug-likeness (QED) is 0.886. The highest BCUT2D eigenvalue weighted by molar-refractivity contribution is 6.02. The van der Waals surface area contributed by atoms with Crippen LogP contribution in [0, 0.1) is 5.82 Å². The summed E-state index contributed by atoms with van der Waals surface area (Å²) < 4.78 is 13.1. The van der Waals surface area contributed by atoms with E-state index in [4.69, 9.17) is 0 Å². The molecular formula is C15H13FN2O. The number of nitrogens with one attached hydrogen (secondary N) is 2. The summed E-state index contributed by atoms with van der Waals surface area (Å²) >= 11 is 0. The maximum Gasteiger partial charge on any atom is 0.246 e. The number of anilines is 1. The summed E-state index contributed by atoms with van der Waals surface area (Å²) in [6.07, 6.45) is 0. The molecule has 0 aromatic heterocycles. The molecule has 0 saturated heterocycles. The van der Waals surface area contributed by atoms with Crippen LogP contribution < -0.4 is 10.6 Å². The van der Waals surface area contributed by atoms with E-state index >= 15 is 0 Å². The fourth-order valence-corrected chi connectivity index (χ4v) is 2.25. The van der Waals surface area contributed by atoms with Crippen LogP contribution in [0.1, 0.15) is 17.2 Å². The van der Waals surface area contributed by atoms with Crippen molar-refractivity contribution in [2.45, 2.75) is 12.6 Å². The number of hydrogen-bond donors (Lipinski definition) is 2. The number of carbonyl (C=O) groups is 1. The zero-order valence-electron chi connectivity index (χ0n) is 10.2. The van der Waals surface area contributed by atoms with Crippen molar-refractivity contribution in [3.63, 3.8) is 0 Å². The molecule has 1 amide bonds. The maximum atomic E-state index is 13.1. The Balaban J connectivity index is 1.77. The highest BCUT2D eigenvalue weighted by Gasteiger charge is 2.30. The Hall–Kier alpha value is -2.20. The van der Waals surface area contributed by atoms with Crippen LogP contribution in [-0.4, -0.2) is 5.91 Å². The molecule has 0 saturated carbocycles. The smallest absolute Gasteiger partial charge is 0.246 e. The van der Waals surface area contributed by atoms with E-state index in [0.29, 0.717) is 12.2 Å². The lowest BCUT2D eigenvalue weighted by Crippen LogP contribution is -2.27. The van der Waals surface area contributed by atoms with E-state index < -0.39 is 6.04 Å². The van der Waals surface area contributed by atoms with Crippen molar-refractivity contribution in [2.24, 2.45) is 0 Å². The second-order valence-electron chi connectivity index (χ2n) is 4.52. The van der Waals surface area contributed by atoms with E-state index in [1.807, 2.05) is 30.3 Å². The topological polar surface area (TPSA) is 41.1 Å². The predicted octanol–water partition coefficient (Wildman–Crippen LogP) is 2.61. The van der Waals surface area contributed by atoms with Gasteiger partial charge in [0.1, 0.15) is 11.9 Å². The molecule has 0 bridgehead atoms. The van der Waals surface area contributed by atoms with Crippen molar-refractivity contribution in [1.29, 1.82) is 0 Å². The molecule has 2 aromatic carbocycles. The lowest BCUT2D eigenvalue weighted by molar-refractivity contribution is -0.117. The second kappa shape index (κ2) is 4.82. The molecule has 2 N–H and O–H groups in total. The van der Waals surface area contributed by atoms with Gasteiger partial charge in [-0.2, -0.15) is 0 Å². The van der Waals surface area contributed by atoms with Crippen LogP contribution in [0.15, 0.2) is 48.5 Å². The summed E-state index contributed by atoms with van der Waals surface area (Å²) in [6, 6.07) is 13.8. The van der Waals surface area contributed by atoms with Crippen molar-refractivity contribution < 1.29 is 9.18 Å². The number of fused-ring (bicyclic) bond motifs is 1. The van der Waals surface area contributed by atoms with Crippen LogP contribution in [0.25, 0.3) is 0 Å². The number of hydrogen-bond acceptors (Lipinski definition) is 2. The molecule has 19 heavy (non-hydrogen) atoms. The summed E-state index contributed by atoms with van der Waals surface area (Å²) in [7, 11) is 0. The highest BCUT2D eigenvalue weighted by atomic mass is 19.1. The Kier molecular flexibility index (Phi) is 3.01. The van der Waals surface area contributed by atoms with Crippen LogP contribution >= 0.6 is 0 Å². The normalized spacial score (nSPS) is 17.1. The van der Waals surface area contributed by atoms with Crippen molar-refractivity contribution in [3.05, 3.63) is 65.5 Å². The lowest BCUT2D eigenvalue weighted by Gasteiger charge is -2.11. The molecule has 1 heterocycles. The lowest BCUT2D eigenvalue weighted by atomic mass is 10.1. The van der Waals surface area contributed by atoms with Gasteiger partial charge in [0.15, 0.2) is 0 Å². The van der Waals surface area contributed by atoms with E-state index in [9.17, 15) is 9.18 Å². The van der Waals surface area contributed by atoms with Gasteiger partial charge in [-0.05, 0) is 17.7 Å².